The highest BCUT2D eigenvalue weighted by Crippen LogP contribution is 2.26. The molecule has 0 spiro atoms. The Labute approximate surface area is 103 Å². The van der Waals surface area contributed by atoms with Crippen molar-refractivity contribution in [2.75, 3.05) is 6.54 Å². The maximum Gasteiger partial charge on any atom is 0.156 e. The highest BCUT2D eigenvalue weighted by atomic mass is 16.4. The fraction of sp³-hybridized carbons (Fsp3) is 0.917. The molecule has 5 heteroatoms. The number of nitrogens with zero attached hydrogens (tertiary/aromatic N) is 1. The van der Waals surface area contributed by atoms with Gasteiger partial charge in [0.1, 0.15) is 0 Å². The Morgan fingerprint density at radius 3 is 2.41 bits per heavy atom. The highest BCUT2D eigenvalue weighted by Gasteiger charge is 2.28. The third-order valence-corrected chi connectivity index (χ3v) is 3.59. The molecule has 100 valence electrons. The summed E-state index contributed by atoms with van der Waals surface area (Å²) < 4.78 is 0. The van der Waals surface area contributed by atoms with E-state index in [-0.39, 0.29) is 11.9 Å². The monoisotopic (exact) mass is 243 g/mol. The zero-order valence-electron chi connectivity index (χ0n) is 10.7. The van der Waals surface area contributed by atoms with Gasteiger partial charge < -0.3 is 21.4 Å². The molecule has 17 heavy (non-hydrogen) atoms. The zero-order chi connectivity index (χ0) is 12.7. The minimum absolute atomic E-state index is 0.160. The van der Waals surface area contributed by atoms with Crippen LogP contribution in [0.4, 0.5) is 0 Å². The standard InChI is InChI=1S/C12H25N3O2/c1-2-10(11(13)15-17)14-9-12(16)7-5-3-4-6-8-12/h10,14,16-17H,2-9H2,1H3,(H2,13,15). The van der Waals surface area contributed by atoms with E-state index in [0.29, 0.717) is 6.54 Å². The maximum absolute atomic E-state index is 10.4. The fourth-order valence-corrected chi connectivity index (χ4v) is 2.40. The topological polar surface area (TPSA) is 90.9 Å². The summed E-state index contributed by atoms with van der Waals surface area (Å²) in [7, 11) is 0. The minimum Gasteiger partial charge on any atom is -0.409 e. The molecule has 0 bridgehead atoms. The molecule has 0 amide bonds. The van der Waals surface area contributed by atoms with E-state index in [1.54, 1.807) is 0 Å². The molecule has 1 aliphatic rings. The highest BCUT2D eigenvalue weighted by molar-refractivity contribution is 5.85. The van der Waals surface area contributed by atoms with Gasteiger partial charge >= 0.3 is 0 Å². The molecule has 0 aromatic heterocycles. The van der Waals surface area contributed by atoms with Crippen LogP contribution in [-0.2, 0) is 0 Å². The summed E-state index contributed by atoms with van der Waals surface area (Å²) in [5, 5.41) is 25.3. The molecule has 5 nitrogen and oxygen atoms in total. The number of nitrogens with one attached hydrogen (secondary N) is 1. The molecule has 1 aliphatic carbocycles. The number of hydrogen-bond donors (Lipinski definition) is 4. The SMILES string of the molecule is CCC(NCC1(O)CCCCCC1)C(N)=NO. The quantitative estimate of drug-likeness (QED) is 0.192. The summed E-state index contributed by atoms with van der Waals surface area (Å²) in [4.78, 5) is 0. The molecule has 1 atom stereocenters. The van der Waals surface area contributed by atoms with Gasteiger partial charge in [-0.05, 0) is 19.3 Å². The summed E-state index contributed by atoms with van der Waals surface area (Å²) in [5.41, 5.74) is 4.95. The van der Waals surface area contributed by atoms with Crippen molar-refractivity contribution in [3.8, 4) is 0 Å². The van der Waals surface area contributed by atoms with E-state index in [2.05, 4.69) is 10.5 Å². The average Bonchev–Trinajstić information content (AvgIpc) is 2.55. The van der Waals surface area contributed by atoms with Crippen molar-refractivity contribution in [1.82, 2.24) is 5.32 Å². The van der Waals surface area contributed by atoms with Crippen LogP contribution in [0, 0.1) is 0 Å². The number of nitrogens with two attached hydrogens (primary N) is 1. The number of oxime groups is 1. The Bertz CT molecular complexity index is 248. The van der Waals surface area contributed by atoms with Crippen LogP contribution in [0.5, 0.6) is 0 Å². The second kappa shape index (κ2) is 6.81. The van der Waals surface area contributed by atoms with E-state index in [1.807, 2.05) is 6.92 Å². The van der Waals surface area contributed by atoms with Crippen LogP contribution < -0.4 is 11.1 Å². The predicted molar refractivity (Wildman–Crippen MR) is 68.1 cm³/mol. The van der Waals surface area contributed by atoms with Gasteiger partial charge in [0.2, 0.25) is 0 Å². The van der Waals surface area contributed by atoms with Crippen LogP contribution in [0.25, 0.3) is 0 Å². The van der Waals surface area contributed by atoms with Gasteiger partial charge in [-0.15, -0.1) is 0 Å². The van der Waals surface area contributed by atoms with Crippen molar-refractivity contribution < 1.29 is 10.3 Å². The van der Waals surface area contributed by atoms with E-state index in [9.17, 15) is 5.11 Å². The summed E-state index contributed by atoms with van der Waals surface area (Å²) in [6, 6.07) is -0.160. The van der Waals surface area contributed by atoms with Crippen molar-refractivity contribution in [1.29, 1.82) is 0 Å². The summed E-state index contributed by atoms with van der Waals surface area (Å²) in [5.74, 6) is 0.185. The Hall–Kier alpha value is -0.810. The molecule has 1 rings (SSSR count). The lowest BCUT2D eigenvalue weighted by Crippen LogP contribution is -2.48. The predicted octanol–water partition coefficient (Wildman–Crippen LogP) is 1.19. The first-order valence-electron chi connectivity index (χ1n) is 6.54. The normalized spacial score (nSPS) is 23.1. The largest absolute Gasteiger partial charge is 0.409 e. The Balaban J connectivity index is 2.46. The van der Waals surface area contributed by atoms with Gasteiger partial charge in [0.25, 0.3) is 0 Å². The van der Waals surface area contributed by atoms with Crippen LogP contribution in [-0.4, -0.2) is 34.3 Å². The number of amidine groups is 1. The molecule has 1 unspecified atom stereocenters. The molecular formula is C12H25N3O2. The van der Waals surface area contributed by atoms with Gasteiger partial charge in [-0.25, -0.2) is 0 Å². The molecular weight excluding hydrogens is 218 g/mol. The smallest absolute Gasteiger partial charge is 0.156 e. The second-order valence-corrected chi connectivity index (χ2v) is 5.01. The summed E-state index contributed by atoms with van der Waals surface area (Å²) >= 11 is 0. The van der Waals surface area contributed by atoms with Crippen LogP contribution >= 0.6 is 0 Å². The summed E-state index contributed by atoms with van der Waals surface area (Å²) in [6.07, 6.45) is 7.00. The second-order valence-electron chi connectivity index (χ2n) is 5.01. The van der Waals surface area contributed by atoms with Crippen LogP contribution in [0.3, 0.4) is 0 Å². The van der Waals surface area contributed by atoms with E-state index >= 15 is 0 Å². The minimum atomic E-state index is -0.625. The molecule has 1 fully saturated rings. The average molecular weight is 243 g/mol. The van der Waals surface area contributed by atoms with Gasteiger partial charge in [0.05, 0.1) is 11.6 Å². The first-order chi connectivity index (χ1) is 8.11. The third-order valence-electron chi connectivity index (χ3n) is 3.59. The molecule has 0 radical (unpaired) electrons. The maximum atomic E-state index is 10.4. The lowest BCUT2D eigenvalue weighted by molar-refractivity contribution is 0.0242. The molecule has 0 aliphatic heterocycles. The van der Waals surface area contributed by atoms with Gasteiger partial charge in [-0.1, -0.05) is 37.8 Å². The Morgan fingerprint density at radius 1 is 1.35 bits per heavy atom. The van der Waals surface area contributed by atoms with Gasteiger partial charge in [0, 0.05) is 6.54 Å². The first-order valence-corrected chi connectivity index (χ1v) is 6.54. The van der Waals surface area contributed by atoms with E-state index in [0.717, 1.165) is 32.1 Å². The molecule has 5 N–H and O–H groups in total. The van der Waals surface area contributed by atoms with Gasteiger partial charge in [-0.2, -0.15) is 0 Å². The van der Waals surface area contributed by atoms with Crippen molar-refractivity contribution in [2.45, 2.75) is 63.5 Å². The van der Waals surface area contributed by atoms with E-state index in [1.165, 1.54) is 12.8 Å². The lowest BCUT2D eigenvalue weighted by atomic mass is 9.94. The molecule has 0 aromatic rings. The third kappa shape index (κ3) is 4.52. The van der Waals surface area contributed by atoms with Gasteiger partial charge in [-0.3, -0.25) is 0 Å². The van der Waals surface area contributed by atoms with Gasteiger partial charge in [0.15, 0.2) is 5.84 Å². The van der Waals surface area contributed by atoms with Crippen molar-refractivity contribution in [3.05, 3.63) is 0 Å². The van der Waals surface area contributed by atoms with Crippen LogP contribution in [0.1, 0.15) is 51.9 Å². The van der Waals surface area contributed by atoms with E-state index in [4.69, 9.17) is 10.9 Å². The van der Waals surface area contributed by atoms with E-state index < -0.39 is 5.60 Å². The first kappa shape index (κ1) is 14.3. The molecule has 1 saturated carbocycles. The molecule has 0 heterocycles. The number of hydrogen-bond acceptors (Lipinski definition) is 4. The Kier molecular flexibility index (Phi) is 5.71. The van der Waals surface area contributed by atoms with Crippen LogP contribution in [0.2, 0.25) is 0 Å². The lowest BCUT2D eigenvalue weighted by Gasteiger charge is -2.29. The van der Waals surface area contributed by atoms with Crippen molar-refractivity contribution in [3.63, 3.8) is 0 Å². The summed E-state index contributed by atoms with van der Waals surface area (Å²) in [6.45, 7) is 2.48. The Morgan fingerprint density at radius 2 is 1.94 bits per heavy atom. The van der Waals surface area contributed by atoms with Crippen LogP contribution in [0.15, 0.2) is 5.16 Å². The molecule has 0 aromatic carbocycles. The zero-order valence-corrected chi connectivity index (χ0v) is 10.7. The fourth-order valence-electron chi connectivity index (χ4n) is 2.40. The molecule has 0 saturated heterocycles. The number of aliphatic hydroxyl groups is 1. The van der Waals surface area contributed by atoms with Crippen molar-refractivity contribution >= 4 is 5.84 Å². The van der Waals surface area contributed by atoms with Crippen molar-refractivity contribution in [2.24, 2.45) is 10.9 Å². The number of rotatable bonds is 5.